The normalized spacial score (nSPS) is 18.8. The van der Waals surface area contributed by atoms with E-state index in [1.54, 1.807) is 6.20 Å². The molecule has 1 fully saturated rings. The molecular formula is C22H19F3N2O2. The number of carboxylic acids is 1. The maximum absolute atomic E-state index is 13.0. The molecule has 1 saturated heterocycles. The predicted octanol–water partition coefficient (Wildman–Crippen LogP) is 4.89. The Morgan fingerprint density at radius 1 is 1.10 bits per heavy atom. The second-order valence-corrected chi connectivity index (χ2v) is 7.17. The van der Waals surface area contributed by atoms with E-state index in [1.807, 2.05) is 35.2 Å². The lowest BCUT2D eigenvalue weighted by molar-refractivity contribution is -0.142. The Hall–Kier alpha value is -2.93. The first kappa shape index (κ1) is 19.4. The van der Waals surface area contributed by atoms with Crippen molar-refractivity contribution in [2.45, 2.75) is 31.1 Å². The number of benzene rings is 2. The Labute approximate surface area is 165 Å². The van der Waals surface area contributed by atoms with Gasteiger partial charge in [0.2, 0.25) is 0 Å². The lowest BCUT2D eigenvalue weighted by Gasteiger charge is -2.32. The molecule has 1 N–H and O–H groups in total. The van der Waals surface area contributed by atoms with Crippen molar-refractivity contribution >= 4 is 16.9 Å². The summed E-state index contributed by atoms with van der Waals surface area (Å²) in [5.41, 5.74) is 1.50. The van der Waals surface area contributed by atoms with Crippen LogP contribution in [0.25, 0.3) is 10.9 Å². The van der Waals surface area contributed by atoms with Crippen LogP contribution in [0.15, 0.2) is 60.8 Å². The number of hydrogen-bond acceptors (Lipinski definition) is 3. The molecule has 4 rings (SSSR count). The summed E-state index contributed by atoms with van der Waals surface area (Å²) in [5, 5.41) is 10.5. The third kappa shape index (κ3) is 3.70. The molecule has 2 unspecified atom stereocenters. The second-order valence-electron chi connectivity index (χ2n) is 7.17. The molecule has 0 saturated carbocycles. The molecule has 7 heteroatoms. The SMILES string of the molecule is O=C(O)C1CCCN1C(c1ccc(C(F)(F)F)cc1)c1ccnc2ccccc12. The van der Waals surface area contributed by atoms with Gasteiger partial charge in [-0.05, 0) is 48.2 Å². The number of para-hydroxylation sites is 1. The number of rotatable bonds is 4. The minimum Gasteiger partial charge on any atom is -0.480 e. The minimum absolute atomic E-state index is 0.478. The maximum Gasteiger partial charge on any atom is 0.416 e. The van der Waals surface area contributed by atoms with E-state index in [0.29, 0.717) is 18.5 Å². The van der Waals surface area contributed by atoms with E-state index in [-0.39, 0.29) is 0 Å². The standard InChI is InChI=1S/C22H19F3N2O2/c23-22(24,25)15-9-7-14(8-10-15)20(27-13-3-6-19(27)21(28)29)17-11-12-26-18-5-2-1-4-16(17)18/h1-2,4-5,7-12,19-20H,3,6,13H2,(H,28,29). The zero-order valence-electron chi connectivity index (χ0n) is 15.4. The van der Waals surface area contributed by atoms with Gasteiger partial charge in [-0.2, -0.15) is 13.2 Å². The fraction of sp³-hybridized carbons (Fsp3) is 0.273. The Balaban J connectivity index is 1.87. The van der Waals surface area contributed by atoms with Crippen molar-refractivity contribution < 1.29 is 23.1 Å². The van der Waals surface area contributed by atoms with Crippen LogP contribution in [-0.4, -0.2) is 33.5 Å². The van der Waals surface area contributed by atoms with E-state index in [0.717, 1.165) is 35.0 Å². The summed E-state index contributed by atoms with van der Waals surface area (Å²) in [6.07, 6.45) is -1.54. The number of halogens is 3. The van der Waals surface area contributed by atoms with E-state index >= 15 is 0 Å². The number of hydrogen-bond donors (Lipinski definition) is 1. The Kier molecular flexibility index (Phi) is 5.00. The molecule has 1 aromatic heterocycles. The molecule has 150 valence electrons. The van der Waals surface area contributed by atoms with Gasteiger partial charge in [-0.3, -0.25) is 14.7 Å². The summed E-state index contributed by atoms with van der Waals surface area (Å²) < 4.78 is 39.1. The van der Waals surface area contributed by atoms with Crippen LogP contribution in [0.3, 0.4) is 0 Å². The third-order valence-corrected chi connectivity index (χ3v) is 5.44. The van der Waals surface area contributed by atoms with E-state index in [2.05, 4.69) is 4.98 Å². The monoisotopic (exact) mass is 400 g/mol. The number of nitrogens with zero attached hydrogens (tertiary/aromatic N) is 2. The van der Waals surface area contributed by atoms with Gasteiger partial charge in [0.25, 0.3) is 0 Å². The van der Waals surface area contributed by atoms with Crippen LogP contribution in [0, 0.1) is 0 Å². The van der Waals surface area contributed by atoms with Gasteiger partial charge >= 0.3 is 12.1 Å². The van der Waals surface area contributed by atoms with Gasteiger partial charge in [0.05, 0.1) is 17.1 Å². The molecule has 0 aliphatic carbocycles. The van der Waals surface area contributed by atoms with Crippen molar-refractivity contribution in [2.75, 3.05) is 6.54 Å². The van der Waals surface area contributed by atoms with Crippen LogP contribution in [-0.2, 0) is 11.0 Å². The largest absolute Gasteiger partial charge is 0.480 e. The number of pyridine rings is 1. The van der Waals surface area contributed by atoms with E-state index in [9.17, 15) is 23.1 Å². The molecule has 1 aliphatic heterocycles. The van der Waals surface area contributed by atoms with E-state index < -0.39 is 29.8 Å². The molecule has 3 aromatic rings. The van der Waals surface area contributed by atoms with Gasteiger partial charge in [-0.1, -0.05) is 30.3 Å². The van der Waals surface area contributed by atoms with Gasteiger partial charge in [-0.15, -0.1) is 0 Å². The summed E-state index contributed by atoms with van der Waals surface area (Å²) in [5.74, 6) is -0.919. The predicted molar refractivity (Wildman–Crippen MR) is 102 cm³/mol. The van der Waals surface area contributed by atoms with E-state index in [4.69, 9.17) is 0 Å². The smallest absolute Gasteiger partial charge is 0.416 e. The molecular weight excluding hydrogens is 381 g/mol. The van der Waals surface area contributed by atoms with Crippen molar-refractivity contribution in [1.82, 2.24) is 9.88 Å². The van der Waals surface area contributed by atoms with Crippen molar-refractivity contribution in [3.8, 4) is 0 Å². The van der Waals surface area contributed by atoms with Crippen molar-refractivity contribution in [3.05, 3.63) is 77.5 Å². The number of alkyl halides is 3. The topological polar surface area (TPSA) is 53.4 Å². The molecule has 0 bridgehead atoms. The van der Waals surface area contributed by atoms with Gasteiger partial charge in [-0.25, -0.2) is 0 Å². The quantitative estimate of drug-likeness (QED) is 0.677. The van der Waals surface area contributed by atoms with Gasteiger partial charge in [0.1, 0.15) is 6.04 Å². The van der Waals surface area contributed by atoms with Gasteiger partial charge in [0.15, 0.2) is 0 Å². The highest BCUT2D eigenvalue weighted by molar-refractivity contribution is 5.83. The molecule has 0 amide bonds. The molecule has 0 spiro atoms. The average Bonchev–Trinajstić information content (AvgIpc) is 3.18. The first-order valence-corrected chi connectivity index (χ1v) is 9.35. The molecule has 1 aliphatic rings. The number of likely N-dealkylation sites (tertiary alicyclic amines) is 1. The highest BCUT2D eigenvalue weighted by Gasteiger charge is 2.38. The van der Waals surface area contributed by atoms with Crippen molar-refractivity contribution in [3.63, 3.8) is 0 Å². The Bertz CT molecular complexity index is 1030. The second kappa shape index (κ2) is 7.48. The summed E-state index contributed by atoms with van der Waals surface area (Å²) >= 11 is 0. The van der Waals surface area contributed by atoms with Gasteiger partial charge in [0, 0.05) is 18.1 Å². The maximum atomic E-state index is 13.0. The summed E-state index contributed by atoms with van der Waals surface area (Å²) in [7, 11) is 0. The van der Waals surface area contributed by atoms with Crippen LogP contribution < -0.4 is 0 Å². The summed E-state index contributed by atoms with van der Waals surface area (Å²) in [6.45, 7) is 0.555. The highest BCUT2D eigenvalue weighted by atomic mass is 19.4. The minimum atomic E-state index is -4.42. The molecule has 2 aromatic carbocycles. The molecule has 2 atom stereocenters. The lowest BCUT2D eigenvalue weighted by atomic mass is 9.93. The number of fused-ring (bicyclic) bond motifs is 1. The van der Waals surface area contributed by atoms with Crippen LogP contribution >= 0.6 is 0 Å². The Morgan fingerprint density at radius 3 is 2.52 bits per heavy atom. The van der Waals surface area contributed by atoms with Crippen LogP contribution in [0.1, 0.15) is 35.6 Å². The zero-order chi connectivity index (χ0) is 20.6. The average molecular weight is 400 g/mol. The fourth-order valence-corrected chi connectivity index (χ4v) is 4.12. The van der Waals surface area contributed by atoms with E-state index in [1.165, 1.54) is 12.1 Å². The lowest BCUT2D eigenvalue weighted by Crippen LogP contribution is -2.39. The number of aliphatic carboxylic acids is 1. The summed E-state index contributed by atoms with van der Waals surface area (Å²) in [6, 6.07) is 13.2. The zero-order valence-corrected chi connectivity index (χ0v) is 15.4. The third-order valence-electron chi connectivity index (χ3n) is 5.44. The first-order chi connectivity index (χ1) is 13.9. The molecule has 29 heavy (non-hydrogen) atoms. The molecule has 2 heterocycles. The number of carbonyl (C=O) groups is 1. The van der Waals surface area contributed by atoms with Crippen molar-refractivity contribution in [2.24, 2.45) is 0 Å². The Morgan fingerprint density at radius 2 is 1.83 bits per heavy atom. The van der Waals surface area contributed by atoms with Crippen molar-refractivity contribution in [1.29, 1.82) is 0 Å². The highest BCUT2D eigenvalue weighted by Crippen LogP contribution is 2.39. The first-order valence-electron chi connectivity index (χ1n) is 9.35. The van der Waals surface area contributed by atoms with Crippen LogP contribution in [0.4, 0.5) is 13.2 Å². The number of carboxylic acid groups (broad SMARTS) is 1. The summed E-state index contributed by atoms with van der Waals surface area (Å²) in [4.78, 5) is 18.1. The van der Waals surface area contributed by atoms with Crippen LogP contribution in [0.5, 0.6) is 0 Å². The molecule has 0 radical (unpaired) electrons. The van der Waals surface area contributed by atoms with Crippen LogP contribution in [0.2, 0.25) is 0 Å². The number of aromatic nitrogens is 1. The fourth-order valence-electron chi connectivity index (χ4n) is 4.12. The molecule has 4 nitrogen and oxygen atoms in total. The van der Waals surface area contributed by atoms with Gasteiger partial charge < -0.3 is 5.11 Å².